The molecule has 0 radical (unpaired) electrons. The lowest BCUT2D eigenvalue weighted by atomic mass is 10.00. The number of piperazine rings is 1. The van der Waals surface area contributed by atoms with E-state index in [-0.39, 0.29) is 12.1 Å². The number of hydrogen-bond donors (Lipinski definition) is 2. The number of nitrogens with one attached hydrogen (secondary N) is 2. The predicted molar refractivity (Wildman–Crippen MR) is 120 cm³/mol. The molecule has 2 aliphatic rings. The van der Waals surface area contributed by atoms with Gasteiger partial charge in [-0.05, 0) is 42.1 Å². The summed E-state index contributed by atoms with van der Waals surface area (Å²) < 4.78 is 0. The number of hydrogen-bond acceptors (Lipinski definition) is 5. The number of amides is 2. The van der Waals surface area contributed by atoms with Crippen molar-refractivity contribution in [3.05, 3.63) is 51.7 Å². The van der Waals surface area contributed by atoms with Gasteiger partial charge in [-0.15, -0.1) is 11.3 Å². The summed E-state index contributed by atoms with van der Waals surface area (Å²) in [5.41, 5.74) is 4.07. The highest BCUT2D eigenvalue weighted by Crippen LogP contribution is 2.31. The molecule has 1 fully saturated rings. The first-order valence-corrected chi connectivity index (χ1v) is 11.3. The van der Waals surface area contributed by atoms with Gasteiger partial charge in [0, 0.05) is 56.9 Å². The third kappa shape index (κ3) is 4.91. The van der Waals surface area contributed by atoms with Gasteiger partial charge in [0.05, 0.1) is 12.6 Å². The number of anilines is 1. The van der Waals surface area contributed by atoms with Crippen LogP contribution in [-0.2, 0) is 13.0 Å². The molecule has 1 aromatic heterocycles. The summed E-state index contributed by atoms with van der Waals surface area (Å²) in [5, 5.41) is 8.13. The lowest BCUT2D eigenvalue weighted by Gasteiger charge is -2.38. The Hall–Kier alpha value is -2.09. The molecule has 0 aliphatic carbocycles. The van der Waals surface area contributed by atoms with E-state index in [4.69, 9.17) is 0 Å². The zero-order chi connectivity index (χ0) is 20.2. The molecular weight excluding hydrogens is 382 g/mol. The van der Waals surface area contributed by atoms with Gasteiger partial charge in [-0.25, -0.2) is 4.79 Å². The van der Waals surface area contributed by atoms with Gasteiger partial charge in [-0.2, -0.15) is 0 Å². The summed E-state index contributed by atoms with van der Waals surface area (Å²) in [6.45, 7) is 6.46. The highest BCUT2D eigenvalue weighted by Gasteiger charge is 2.26. The maximum atomic E-state index is 12.4. The maximum Gasteiger partial charge on any atom is 0.315 e. The van der Waals surface area contributed by atoms with E-state index >= 15 is 0 Å². The van der Waals surface area contributed by atoms with Gasteiger partial charge in [0.15, 0.2) is 0 Å². The SMILES string of the molecule is CN1CCN([C@@H](CNC(=O)NCc2cccs2)c2ccc3c(c2)CCN3C)CC1. The fourth-order valence-corrected chi connectivity index (χ4v) is 4.86. The average Bonchev–Trinajstić information content (AvgIpc) is 3.38. The van der Waals surface area contributed by atoms with Crippen LogP contribution in [0.4, 0.5) is 10.5 Å². The molecule has 2 aliphatic heterocycles. The first-order valence-electron chi connectivity index (χ1n) is 10.4. The van der Waals surface area contributed by atoms with Crippen LogP contribution in [0.15, 0.2) is 35.7 Å². The summed E-state index contributed by atoms with van der Waals surface area (Å²) in [5.74, 6) is 0. The molecule has 0 bridgehead atoms. The molecule has 0 unspecified atom stereocenters. The van der Waals surface area contributed by atoms with Crippen molar-refractivity contribution >= 4 is 23.1 Å². The number of likely N-dealkylation sites (N-methyl/N-ethyl adjacent to an activating group) is 2. The van der Waals surface area contributed by atoms with Gasteiger partial charge < -0.3 is 20.4 Å². The van der Waals surface area contributed by atoms with E-state index in [0.29, 0.717) is 13.1 Å². The zero-order valence-corrected chi connectivity index (χ0v) is 18.2. The van der Waals surface area contributed by atoms with Gasteiger partial charge in [-0.3, -0.25) is 4.90 Å². The molecule has 2 N–H and O–H groups in total. The number of fused-ring (bicyclic) bond motifs is 1. The van der Waals surface area contributed by atoms with E-state index in [2.05, 4.69) is 57.6 Å². The van der Waals surface area contributed by atoms with Crippen LogP contribution >= 0.6 is 11.3 Å². The molecule has 156 valence electrons. The van der Waals surface area contributed by atoms with Crippen LogP contribution in [0.25, 0.3) is 0 Å². The molecule has 4 rings (SSSR count). The second-order valence-electron chi connectivity index (χ2n) is 8.06. The number of rotatable bonds is 6. The minimum atomic E-state index is -0.0987. The Balaban J connectivity index is 1.43. The maximum absolute atomic E-state index is 12.4. The van der Waals surface area contributed by atoms with E-state index in [1.807, 2.05) is 17.5 Å². The first kappa shape index (κ1) is 20.2. The van der Waals surface area contributed by atoms with Crippen molar-refractivity contribution in [2.45, 2.75) is 19.0 Å². The normalized spacial score (nSPS) is 18.5. The van der Waals surface area contributed by atoms with Crippen molar-refractivity contribution in [2.24, 2.45) is 0 Å². The number of benzene rings is 1. The summed E-state index contributed by atoms with van der Waals surface area (Å²) >= 11 is 1.66. The molecule has 2 aromatic rings. The number of thiophene rings is 1. The Labute approximate surface area is 177 Å². The Kier molecular flexibility index (Phi) is 6.37. The van der Waals surface area contributed by atoms with Crippen LogP contribution in [0, 0.1) is 0 Å². The Morgan fingerprint density at radius 2 is 1.93 bits per heavy atom. The molecule has 3 heterocycles. The second kappa shape index (κ2) is 9.15. The minimum Gasteiger partial charge on any atom is -0.374 e. The Morgan fingerprint density at radius 1 is 1.10 bits per heavy atom. The minimum absolute atomic E-state index is 0.0987. The van der Waals surface area contributed by atoms with Gasteiger partial charge in [-0.1, -0.05) is 18.2 Å². The fourth-order valence-electron chi connectivity index (χ4n) is 4.22. The molecule has 0 spiro atoms. The third-order valence-corrected chi connectivity index (χ3v) is 6.93. The number of carbonyl (C=O) groups is 1. The van der Waals surface area contributed by atoms with Crippen LogP contribution in [0.1, 0.15) is 22.0 Å². The van der Waals surface area contributed by atoms with Gasteiger partial charge in [0.2, 0.25) is 0 Å². The lowest BCUT2D eigenvalue weighted by molar-refractivity contribution is 0.111. The van der Waals surface area contributed by atoms with Crippen molar-refractivity contribution in [2.75, 3.05) is 58.3 Å². The van der Waals surface area contributed by atoms with E-state index in [0.717, 1.165) is 39.1 Å². The summed E-state index contributed by atoms with van der Waals surface area (Å²) in [6, 6.07) is 11.0. The Bertz CT molecular complexity index is 817. The largest absolute Gasteiger partial charge is 0.374 e. The molecule has 1 atom stereocenters. The summed E-state index contributed by atoms with van der Waals surface area (Å²) in [6.07, 6.45) is 1.10. The highest BCUT2D eigenvalue weighted by atomic mass is 32.1. The van der Waals surface area contributed by atoms with Crippen LogP contribution in [0.5, 0.6) is 0 Å². The molecule has 2 amide bonds. The number of carbonyl (C=O) groups excluding carboxylic acids is 1. The molecule has 7 heteroatoms. The van der Waals surface area contributed by atoms with E-state index in [1.165, 1.54) is 21.7 Å². The number of nitrogens with zero attached hydrogens (tertiary/aromatic N) is 3. The first-order chi connectivity index (χ1) is 14.1. The van der Waals surface area contributed by atoms with Crippen LogP contribution < -0.4 is 15.5 Å². The molecule has 1 aromatic carbocycles. The fraction of sp³-hybridized carbons (Fsp3) is 0.500. The van der Waals surface area contributed by atoms with E-state index in [1.54, 1.807) is 11.3 Å². The lowest BCUT2D eigenvalue weighted by Crippen LogP contribution is -2.49. The zero-order valence-electron chi connectivity index (χ0n) is 17.4. The van der Waals surface area contributed by atoms with E-state index in [9.17, 15) is 4.79 Å². The van der Waals surface area contributed by atoms with Gasteiger partial charge in [0.25, 0.3) is 0 Å². The van der Waals surface area contributed by atoms with Crippen LogP contribution in [0.2, 0.25) is 0 Å². The van der Waals surface area contributed by atoms with Gasteiger partial charge in [0.1, 0.15) is 0 Å². The monoisotopic (exact) mass is 413 g/mol. The van der Waals surface area contributed by atoms with Crippen LogP contribution in [0.3, 0.4) is 0 Å². The quantitative estimate of drug-likeness (QED) is 0.764. The molecular formula is C22H31N5OS. The van der Waals surface area contributed by atoms with E-state index < -0.39 is 0 Å². The highest BCUT2D eigenvalue weighted by molar-refractivity contribution is 7.09. The third-order valence-electron chi connectivity index (χ3n) is 6.05. The van der Waals surface area contributed by atoms with Crippen molar-refractivity contribution in [3.63, 3.8) is 0 Å². The Morgan fingerprint density at radius 3 is 2.69 bits per heavy atom. The van der Waals surface area contributed by atoms with Crippen molar-refractivity contribution in [1.29, 1.82) is 0 Å². The molecule has 0 saturated carbocycles. The topological polar surface area (TPSA) is 50.9 Å². The smallest absolute Gasteiger partial charge is 0.315 e. The molecule has 29 heavy (non-hydrogen) atoms. The second-order valence-corrected chi connectivity index (χ2v) is 9.09. The van der Waals surface area contributed by atoms with Gasteiger partial charge >= 0.3 is 6.03 Å². The molecule has 6 nitrogen and oxygen atoms in total. The van der Waals surface area contributed by atoms with Crippen molar-refractivity contribution in [3.8, 4) is 0 Å². The average molecular weight is 414 g/mol. The number of urea groups is 1. The standard InChI is InChI=1S/C22H31N5OS/c1-25-9-11-27(12-10-25)21(16-24-22(28)23-15-19-4-3-13-29-19)17-5-6-20-18(14-17)7-8-26(20)2/h3-6,13-14,21H,7-12,15-16H2,1-2H3,(H2,23,24,28)/t21-/m0/s1. The van der Waals surface area contributed by atoms with Crippen molar-refractivity contribution in [1.82, 2.24) is 20.4 Å². The van der Waals surface area contributed by atoms with Crippen molar-refractivity contribution < 1.29 is 4.79 Å². The predicted octanol–water partition coefficient (Wildman–Crippen LogP) is 2.53. The molecule has 1 saturated heterocycles. The summed E-state index contributed by atoms with van der Waals surface area (Å²) in [4.78, 5) is 20.8. The van der Waals surface area contributed by atoms with Crippen LogP contribution in [-0.4, -0.2) is 69.2 Å². The summed E-state index contributed by atoms with van der Waals surface area (Å²) in [7, 11) is 4.33.